The van der Waals surface area contributed by atoms with Crippen molar-refractivity contribution in [1.29, 1.82) is 0 Å². The third-order valence-corrected chi connectivity index (χ3v) is 5.63. The van der Waals surface area contributed by atoms with E-state index in [4.69, 9.17) is 10.3 Å². The molecule has 0 radical (unpaired) electrons. The summed E-state index contributed by atoms with van der Waals surface area (Å²) in [7, 11) is -4.89. The second kappa shape index (κ2) is 23.2. The molecule has 0 amide bonds. The Labute approximate surface area is 236 Å². The summed E-state index contributed by atoms with van der Waals surface area (Å²) in [6, 6.07) is 0. The standard InChI is InChI=1S/C20H37NO8S.2Na.2H/c1-2-3-4-5-6-7-8-9-10-11-12-13-18(22)29-19(23)16-17(30(25,26)27)20(24)28-15-14-21;;;;/h17H,2-16,21H2,1H3,(H,25,26,27);;;;. The molecule has 0 aromatic carbocycles. The molecule has 1 unspecified atom stereocenters. The van der Waals surface area contributed by atoms with E-state index in [1.165, 1.54) is 44.9 Å². The first-order chi connectivity index (χ1) is 14.2. The number of hydrogen-bond acceptors (Lipinski definition) is 8. The van der Waals surface area contributed by atoms with Gasteiger partial charge in [-0.2, -0.15) is 8.42 Å². The van der Waals surface area contributed by atoms with E-state index in [0.29, 0.717) is 6.42 Å². The fraction of sp³-hybridized carbons (Fsp3) is 0.850. The van der Waals surface area contributed by atoms with Crippen LogP contribution in [0.2, 0.25) is 0 Å². The van der Waals surface area contributed by atoms with Gasteiger partial charge in [0.2, 0.25) is 0 Å². The van der Waals surface area contributed by atoms with Gasteiger partial charge in [0.25, 0.3) is 10.1 Å². The first-order valence-electron chi connectivity index (χ1n) is 10.8. The van der Waals surface area contributed by atoms with Crippen molar-refractivity contribution in [3.8, 4) is 0 Å². The minimum atomic E-state index is -4.89. The number of nitrogens with two attached hydrogens (primary N) is 1. The van der Waals surface area contributed by atoms with Crippen molar-refractivity contribution in [2.45, 2.75) is 95.6 Å². The molecule has 9 nitrogen and oxygen atoms in total. The van der Waals surface area contributed by atoms with Crippen LogP contribution in [-0.4, -0.2) is 108 Å². The zero-order valence-electron chi connectivity index (χ0n) is 18.0. The molecule has 32 heavy (non-hydrogen) atoms. The van der Waals surface area contributed by atoms with Crippen LogP contribution in [0, 0.1) is 0 Å². The van der Waals surface area contributed by atoms with Crippen molar-refractivity contribution in [2.75, 3.05) is 13.2 Å². The molecule has 0 aliphatic heterocycles. The Morgan fingerprint density at radius 2 is 1.31 bits per heavy atom. The van der Waals surface area contributed by atoms with Crippen molar-refractivity contribution in [3.05, 3.63) is 0 Å². The van der Waals surface area contributed by atoms with Crippen LogP contribution < -0.4 is 5.73 Å². The summed E-state index contributed by atoms with van der Waals surface area (Å²) in [5, 5.41) is -2.15. The molecule has 0 bridgehead atoms. The molecule has 0 aliphatic rings. The van der Waals surface area contributed by atoms with Gasteiger partial charge in [-0.1, -0.05) is 71.1 Å². The molecule has 0 aromatic rings. The normalized spacial score (nSPS) is 11.6. The van der Waals surface area contributed by atoms with Gasteiger partial charge in [0.15, 0.2) is 5.25 Å². The average molecular weight is 500 g/mol. The van der Waals surface area contributed by atoms with Crippen molar-refractivity contribution in [1.82, 2.24) is 0 Å². The first kappa shape index (κ1) is 37.0. The summed E-state index contributed by atoms with van der Waals surface area (Å²) in [6.45, 7) is 1.88. The van der Waals surface area contributed by atoms with Crippen LogP contribution in [0.3, 0.4) is 0 Å². The quantitative estimate of drug-likeness (QED) is 0.0942. The van der Waals surface area contributed by atoms with Crippen LogP contribution in [0.1, 0.15) is 90.4 Å². The summed E-state index contributed by atoms with van der Waals surface area (Å²) >= 11 is 0. The molecule has 12 heteroatoms. The molecule has 0 aliphatic carbocycles. The third kappa shape index (κ3) is 21.0. The predicted octanol–water partition coefficient (Wildman–Crippen LogP) is 1.61. The van der Waals surface area contributed by atoms with Gasteiger partial charge in [0.05, 0.1) is 6.42 Å². The van der Waals surface area contributed by atoms with Crippen molar-refractivity contribution >= 4 is 87.1 Å². The van der Waals surface area contributed by atoms with Crippen molar-refractivity contribution in [2.24, 2.45) is 5.73 Å². The van der Waals surface area contributed by atoms with E-state index >= 15 is 0 Å². The van der Waals surface area contributed by atoms with Crippen LogP contribution in [0.5, 0.6) is 0 Å². The number of ether oxygens (including phenoxy) is 2. The second-order valence-corrected chi connectivity index (χ2v) is 8.89. The molecule has 0 spiro atoms. The van der Waals surface area contributed by atoms with Gasteiger partial charge < -0.3 is 15.2 Å². The van der Waals surface area contributed by atoms with E-state index in [1.807, 2.05) is 0 Å². The van der Waals surface area contributed by atoms with E-state index in [0.717, 1.165) is 19.3 Å². The van der Waals surface area contributed by atoms with Crippen molar-refractivity contribution < 1.29 is 36.8 Å². The Morgan fingerprint density at radius 3 is 1.75 bits per heavy atom. The maximum absolute atomic E-state index is 11.7. The average Bonchev–Trinajstić information content (AvgIpc) is 2.67. The van der Waals surface area contributed by atoms with Crippen LogP contribution in [-0.2, 0) is 34.0 Å². The molecule has 0 rings (SSSR count). The Balaban J connectivity index is -0.00000420. The summed E-state index contributed by atoms with van der Waals surface area (Å²) in [5.74, 6) is -3.33. The minimum absolute atomic E-state index is 0. The van der Waals surface area contributed by atoms with Gasteiger partial charge in [-0.05, 0) is 6.42 Å². The number of rotatable bonds is 18. The number of carbonyl (C=O) groups excluding carboxylic acids is 3. The van der Waals surface area contributed by atoms with Crippen LogP contribution in [0.15, 0.2) is 0 Å². The van der Waals surface area contributed by atoms with Crippen molar-refractivity contribution in [3.63, 3.8) is 0 Å². The Kier molecular flexibility index (Phi) is 26.9. The molecule has 180 valence electrons. The van der Waals surface area contributed by atoms with Crippen LogP contribution in [0.25, 0.3) is 0 Å². The number of carbonyl (C=O) groups is 3. The molecule has 3 N–H and O–H groups in total. The Hall–Kier alpha value is 0.480. The SMILES string of the molecule is CCCCCCCCCCCCCC(=O)OC(=O)CC(C(=O)OCCN)S(=O)(=O)O.[NaH].[NaH]. The van der Waals surface area contributed by atoms with Gasteiger partial charge in [0.1, 0.15) is 6.61 Å². The van der Waals surface area contributed by atoms with Gasteiger partial charge in [-0.15, -0.1) is 0 Å². The molecule has 0 aromatic heterocycles. The Morgan fingerprint density at radius 1 is 0.844 bits per heavy atom. The van der Waals surface area contributed by atoms with Gasteiger partial charge in [0, 0.05) is 13.0 Å². The monoisotopic (exact) mass is 499 g/mol. The molecular weight excluding hydrogens is 460 g/mol. The molecule has 0 heterocycles. The van der Waals surface area contributed by atoms with E-state index in [-0.39, 0.29) is 78.7 Å². The second-order valence-electron chi connectivity index (χ2n) is 7.30. The summed E-state index contributed by atoms with van der Waals surface area (Å²) in [4.78, 5) is 35.1. The maximum atomic E-state index is 11.7. The van der Waals surface area contributed by atoms with E-state index < -0.39 is 39.7 Å². The molecule has 0 saturated carbocycles. The third-order valence-electron chi connectivity index (χ3n) is 4.55. The Bertz CT molecular complexity index is 617. The molecule has 1 atom stereocenters. The predicted molar refractivity (Wildman–Crippen MR) is 126 cm³/mol. The summed E-state index contributed by atoms with van der Waals surface area (Å²) in [6.07, 6.45) is 11.3. The first-order valence-corrected chi connectivity index (χ1v) is 12.3. The molecule has 0 fully saturated rings. The fourth-order valence-corrected chi connectivity index (χ4v) is 3.53. The van der Waals surface area contributed by atoms with Gasteiger partial charge in [-0.25, -0.2) is 0 Å². The van der Waals surface area contributed by atoms with E-state index in [9.17, 15) is 22.8 Å². The molecular formula is C20H39NNa2O8S. The van der Waals surface area contributed by atoms with Crippen LogP contribution in [0.4, 0.5) is 0 Å². The van der Waals surface area contributed by atoms with E-state index in [2.05, 4.69) is 16.4 Å². The topological polar surface area (TPSA) is 150 Å². The van der Waals surface area contributed by atoms with Gasteiger partial charge >= 0.3 is 77.0 Å². The zero-order chi connectivity index (χ0) is 22.8. The summed E-state index contributed by atoms with van der Waals surface area (Å²) < 4.78 is 40.7. The number of unbranched alkanes of at least 4 members (excludes halogenated alkanes) is 10. The van der Waals surface area contributed by atoms with E-state index in [1.54, 1.807) is 0 Å². The summed E-state index contributed by atoms with van der Waals surface area (Å²) in [5.41, 5.74) is 5.14. The van der Waals surface area contributed by atoms with Gasteiger partial charge in [-0.3, -0.25) is 18.9 Å². The number of hydrogen-bond donors (Lipinski definition) is 2. The van der Waals surface area contributed by atoms with Crippen LogP contribution >= 0.6 is 0 Å². The molecule has 0 saturated heterocycles. The fourth-order valence-electron chi connectivity index (χ4n) is 2.87. The zero-order valence-corrected chi connectivity index (χ0v) is 18.8. The number of esters is 3.